The molecule has 0 atom stereocenters. The molecule has 0 spiro atoms. The summed E-state index contributed by atoms with van der Waals surface area (Å²) in [7, 11) is 0. The van der Waals surface area contributed by atoms with Crippen molar-refractivity contribution in [1.29, 1.82) is 0 Å². The Labute approximate surface area is 106 Å². The summed E-state index contributed by atoms with van der Waals surface area (Å²) in [6, 6.07) is 0. The molecule has 3 heteroatoms. The largest absolute Gasteiger partial charge is 0.349 e. The highest BCUT2D eigenvalue weighted by Gasteiger charge is 2.38. The molecule has 0 bridgehead atoms. The van der Waals surface area contributed by atoms with Gasteiger partial charge in [-0.15, -0.1) is 0 Å². The lowest BCUT2D eigenvalue weighted by Crippen LogP contribution is -2.60. The van der Waals surface area contributed by atoms with E-state index in [-0.39, 0.29) is 11.4 Å². The van der Waals surface area contributed by atoms with Crippen LogP contribution >= 0.6 is 0 Å². The first-order valence-electron chi connectivity index (χ1n) is 7.13. The maximum absolute atomic E-state index is 12.4. The Hall–Kier alpha value is -0.570. The second-order valence-electron chi connectivity index (χ2n) is 5.51. The summed E-state index contributed by atoms with van der Waals surface area (Å²) in [5.41, 5.74) is 5.60. The van der Waals surface area contributed by atoms with E-state index in [0.717, 1.165) is 44.9 Å². The number of carbonyl (C=O) groups excluding carboxylic acids is 1. The molecular formula is C14H28N2O. The van der Waals surface area contributed by atoms with Crippen molar-refractivity contribution in [2.75, 3.05) is 0 Å². The highest BCUT2D eigenvalue weighted by Crippen LogP contribution is 2.28. The number of carbonyl (C=O) groups is 1. The first kappa shape index (κ1) is 14.5. The van der Waals surface area contributed by atoms with Gasteiger partial charge in [0.25, 0.3) is 0 Å². The SMILES string of the molecule is CCC(CC)(CC)NC(=O)C1(N)CCCCC1. The number of rotatable bonds is 5. The van der Waals surface area contributed by atoms with E-state index in [0.29, 0.717) is 0 Å². The lowest BCUT2D eigenvalue weighted by atomic mass is 9.80. The Kier molecular flexibility index (Phi) is 4.99. The number of nitrogens with one attached hydrogen (secondary N) is 1. The Morgan fingerprint density at radius 1 is 1.12 bits per heavy atom. The number of hydrogen-bond donors (Lipinski definition) is 2. The van der Waals surface area contributed by atoms with E-state index < -0.39 is 5.54 Å². The normalized spacial score (nSPS) is 20.0. The summed E-state index contributed by atoms with van der Waals surface area (Å²) in [6.07, 6.45) is 7.98. The van der Waals surface area contributed by atoms with Gasteiger partial charge in [-0.2, -0.15) is 0 Å². The minimum atomic E-state index is -0.608. The van der Waals surface area contributed by atoms with Crippen molar-refractivity contribution >= 4 is 5.91 Å². The maximum Gasteiger partial charge on any atom is 0.240 e. The van der Waals surface area contributed by atoms with Gasteiger partial charge in [-0.25, -0.2) is 0 Å². The van der Waals surface area contributed by atoms with Crippen LogP contribution in [0.2, 0.25) is 0 Å². The highest BCUT2D eigenvalue weighted by molar-refractivity contribution is 5.86. The predicted octanol–water partition coefficient (Wildman–Crippen LogP) is 2.73. The van der Waals surface area contributed by atoms with Crippen LogP contribution in [0, 0.1) is 0 Å². The first-order chi connectivity index (χ1) is 8.02. The zero-order valence-corrected chi connectivity index (χ0v) is 11.6. The second-order valence-corrected chi connectivity index (χ2v) is 5.51. The summed E-state index contributed by atoms with van der Waals surface area (Å²) in [4.78, 5) is 12.4. The average molecular weight is 240 g/mol. The van der Waals surface area contributed by atoms with Crippen molar-refractivity contribution in [3.8, 4) is 0 Å². The van der Waals surface area contributed by atoms with Crippen LogP contribution in [0.25, 0.3) is 0 Å². The average Bonchev–Trinajstić information content (AvgIpc) is 2.37. The lowest BCUT2D eigenvalue weighted by Gasteiger charge is -2.38. The van der Waals surface area contributed by atoms with Crippen LogP contribution < -0.4 is 11.1 Å². The Morgan fingerprint density at radius 2 is 1.59 bits per heavy atom. The topological polar surface area (TPSA) is 55.1 Å². The molecule has 0 aliphatic heterocycles. The molecule has 3 N–H and O–H groups in total. The summed E-state index contributed by atoms with van der Waals surface area (Å²) < 4.78 is 0. The molecule has 1 saturated carbocycles. The van der Waals surface area contributed by atoms with Crippen LogP contribution in [-0.4, -0.2) is 17.0 Å². The van der Waals surface area contributed by atoms with Gasteiger partial charge < -0.3 is 11.1 Å². The van der Waals surface area contributed by atoms with Crippen molar-refractivity contribution in [1.82, 2.24) is 5.32 Å². The Balaban J connectivity index is 2.69. The zero-order chi connectivity index (χ0) is 12.9. The number of hydrogen-bond acceptors (Lipinski definition) is 2. The Bertz CT molecular complexity index is 245. The van der Waals surface area contributed by atoms with Gasteiger partial charge in [0.2, 0.25) is 5.91 Å². The maximum atomic E-state index is 12.4. The van der Waals surface area contributed by atoms with E-state index in [1.165, 1.54) is 6.42 Å². The van der Waals surface area contributed by atoms with Gasteiger partial charge in [0.15, 0.2) is 0 Å². The summed E-state index contributed by atoms with van der Waals surface area (Å²) in [5, 5.41) is 3.23. The summed E-state index contributed by atoms with van der Waals surface area (Å²) >= 11 is 0. The van der Waals surface area contributed by atoms with Gasteiger partial charge >= 0.3 is 0 Å². The van der Waals surface area contributed by atoms with Gasteiger partial charge in [-0.3, -0.25) is 4.79 Å². The third-order valence-electron chi connectivity index (χ3n) is 4.61. The molecule has 0 saturated heterocycles. The molecule has 0 heterocycles. The van der Waals surface area contributed by atoms with E-state index in [9.17, 15) is 4.79 Å². The monoisotopic (exact) mass is 240 g/mol. The molecule has 0 aromatic rings. The van der Waals surface area contributed by atoms with Crippen LogP contribution in [0.1, 0.15) is 72.1 Å². The molecule has 1 amide bonds. The molecular weight excluding hydrogens is 212 g/mol. The predicted molar refractivity (Wildman–Crippen MR) is 71.8 cm³/mol. The van der Waals surface area contributed by atoms with Crippen LogP contribution in [0.5, 0.6) is 0 Å². The van der Waals surface area contributed by atoms with Crippen molar-refractivity contribution in [3.63, 3.8) is 0 Å². The fourth-order valence-corrected chi connectivity index (χ4v) is 2.79. The van der Waals surface area contributed by atoms with Crippen molar-refractivity contribution < 1.29 is 4.79 Å². The van der Waals surface area contributed by atoms with Gasteiger partial charge in [0, 0.05) is 5.54 Å². The Morgan fingerprint density at radius 3 is 2.00 bits per heavy atom. The molecule has 0 aromatic carbocycles. The smallest absolute Gasteiger partial charge is 0.240 e. The van der Waals surface area contributed by atoms with Crippen molar-refractivity contribution in [2.24, 2.45) is 5.73 Å². The molecule has 1 fully saturated rings. The number of amides is 1. The standard InChI is InChI=1S/C14H28N2O/c1-4-13(5-2,6-3)16-12(17)14(15)10-8-7-9-11-14/h4-11,15H2,1-3H3,(H,16,17). The summed E-state index contributed by atoms with van der Waals surface area (Å²) in [5.74, 6) is 0.0720. The lowest BCUT2D eigenvalue weighted by molar-refractivity contribution is -0.129. The van der Waals surface area contributed by atoms with Gasteiger partial charge in [-0.05, 0) is 32.1 Å². The quantitative estimate of drug-likeness (QED) is 0.776. The molecule has 1 rings (SSSR count). The molecule has 0 aromatic heterocycles. The molecule has 100 valence electrons. The van der Waals surface area contributed by atoms with E-state index in [1.54, 1.807) is 0 Å². The van der Waals surface area contributed by atoms with Crippen molar-refractivity contribution in [2.45, 2.75) is 83.2 Å². The third-order valence-corrected chi connectivity index (χ3v) is 4.61. The zero-order valence-electron chi connectivity index (χ0n) is 11.6. The van der Waals surface area contributed by atoms with Crippen LogP contribution in [0.4, 0.5) is 0 Å². The fourth-order valence-electron chi connectivity index (χ4n) is 2.79. The molecule has 1 aliphatic carbocycles. The molecule has 1 aliphatic rings. The van der Waals surface area contributed by atoms with Crippen LogP contribution in [0.3, 0.4) is 0 Å². The van der Waals surface area contributed by atoms with E-state index in [2.05, 4.69) is 26.1 Å². The first-order valence-corrected chi connectivity index (χ1v) is 7.13. The van der Waals surface area contributed by atoms with Crippen LogP contribution in [-0.2, 0) is 4.79 Å². The van der Waals surface area contributed by atoms with Gasteiger partial charge in [-0.1, -0.05) is 40.0 Å². The minimum absolute atomic E-state index is 0.0547. The van der Waals surface area contributed by atoms with Gasteiger partial charge in [0.05, 0.1) is 5.54 Å². The minimum Gasteiger partial charge on any atom is -0.349 e. The summed E-state index contributed by atoms with van der Waals surface area (Å²) in [6.45, 7) is 6.41. The van der Waals surface area contributed by atoms with Crippen LogP contribution in [0.15, 0.2) is 0 Å². The second kappa shape index (κ2) is 5.85. The van der Waals surface area contributed by atoms with E-state index in [4.69, 9.17) is 5.73 Å². The molecule has 0 radical (unpaired) electrons. The molecule has 3 nitrogen and oxygen atoms in total. The van der Waals surface area contributed by atoms with E-state index in [1.807, 2.05) is 0 Å². The molecule has 17 heavy (non-hydrogen) atoms. The number of nitrogens with two attached hydrogens (primary N) is 1. The highest BCUT2D eigenvalue weighted by atomic mass is 16.2. The third kappa shape index (κ3) is 3.21. The van der Waals surface area contributed by atoms with E-state index >= 15 is 0 Å². The van der Waals surface area contributed by atoms with Gasteiger partial charge in [0.1, 0.15) is 0 Å². The molecule has 0 unspecified atom stereocenters. The fraction of sp³-hybridized carbons (Fsp3) is 0.929. The van der Waals surface area contributed by atoms with Crippen molar-refractivity contribution in [3.05, 3.63) is 0 Å².